The van der Waals surface area contributed by atoms with E-state index in [4.69, 9.17) is 4.42 Å². The van der Waals surface area contributed by atoms with Gasteiger partial charge in [0, 0.05) is 5.39 Å². The molecule has 19 heavy (non-hydrogen) atoms. The van der Waals surface area contributed by atoms with Crippen molar-refractivity contribution in [2.45, 2.75) is 31.7 Å². The highest BCUT2D eigenvalue weighted by molar-refractivity contribution is 6.03. The van der Waals surface area contributed by atoms with E-state index in [9.17, 15) is 9.18 Å². The lowest BCUT2D eigenvalue weighted by Gasteiger charge is -2.24. The average Bonchev–Trinajstić information content (AvgIpc) is 3.04. The molecule has 1 aromatic heterocycles. The fourth-order valence-electron chi connectivity index (χ4n) is 2.82. The first-order valence-corrected chi connectivity index (χ1v) is 6.63. The molecule has 1 atom stereocenters. The van der Waals surface area contributed by atoms with Gasteiger partial charge in [-0.15, -0.1) is 0 Å². The number of ketones is 1. The van der Waals surface area contributed by atoms with Crippen molar-refractivity contribution >= 4 is 16.8 Å². The Morgan fingerprint density at radius 3 is 3.00 bits per heavy atom. The van der Waals surface area contributed by atoms with E-state index in [0.717, 1.165) is 25.8 Å². The maximum absolute atomic E-state index is 13.2. The van der Waals surface area contributed by atoms with E-state index < -0.39 is 5.54 Å². The fraction of sp³-hybridized carbons (Fsp3) is 0.400. The summed E-state index contributed by atoms with van der Waals surface area (Å²) in [5.74, 6) is -0.0301. The molecule has 1 aromatic carbocycles. The molecule has 0 aliphatic carbocycles. The molecular weight excluding hydrogens is 245 g/mol. The number of carbonyl (C=O) groups is 1. The number of hydrogen-bond acceptors (Lipinski definition) is 3. The second-order valence-corrected chi connectivity index (χ2v) is 5.09. The van der Waals surface area contributed by atoms with Gasteiger partial charge in [-0.2, -0.15) is 0 Å². The van der Waals surface area contributed by atoms with Crippen LogP contribution in [0.3, 0.4) is 0 Å². The summed E-state index contributed by atoms with van der Waals surface area (Å²) in [5.41, 5.74) is 0.0425. The predicted molar refractivity (Wildman–Crippen MR) is 70.8 cm³/mol. The molecule has 1 N–H and O–H groups in total. The van der Waals surface area contributed by atoms with Crippen LogP contribution in [0.15, 0.2) is 28.7 Å². The van der Waals surface area contributed by atoms with Gasteiger partial charge in [0.2, 0.25) is 5.78 Å². The lowest BCUT2D eigenvalue weighted by molar-refractivity contribution is 0.0836. The molecule has 3 rings (SSSR count). The molecule has 0 radical (unpaired) electrons. The van der Waals surface area contributed by atoms with Gasteiger partial charge < -0.3 is 9.73 Å². The second kappa shape index (κ2) is 4.46. The first kappa shape index (κ1) is 12.4. The number of fused-ring (bicyclic) bond motifs is 1. The van der Waals surface area contributed by atoms with Crippen molar-refractivity contribution < 1.29 is 13.6 Å². The van der Waals surface area contributed by atoms with Gasteiger partial charge >= 0.3 is 0 Å². The molecule has 0 amide bonds. The summed E-state index contributed by atoms with van der Waals surface area (Å²) in [6, 6.07) is 5.92. The van der Waals surface area contributed by atoms with Crippen LogP contribution in [0.5, 0.6) is 0 Å². The van der Waals surface area contributed by atoms with Crippen LogP contribution in [0.4, 0.5) is 4.39 Å². The Balaban J connectivity index is 2.01. The van der Waals surface area contributed by atoms with Crippen molar-refractivity contribution in [2.75, 3.05) is 6.54 Å². The number of halogens is 1. The van der Waals surface area contributed by atoms with Crippen LogP contribution in [0, 0.1) is 5.82 Å². The third kappa shape index (κ3) is 1.96. The number of nitrogens with one attached hydrogen (secondary N) is 1. The Hall–Kier alpha value is -1.68. The summed E-state index contributed by atoms with van der Waals surface area (Å²) in [6.07, 6.45) is 2.55. The predicted octanol–water partition coefficient (Wildman–Crippen LogP) is 3.29. The Labute approximate surface area is 110 Å². The van der Waals surface area contributed by atoms with Crippen molar-refractivity contribution in [1.29, 1.82) is 0 Å². The molecule has 100 valence electrons. The number of hydrogen-bond donors (Lipinski definition) is 1. The summed E-state index contributed by atoms with van der Waals surface area (Å²) in [7, 11) is 0. The molecule has 0 bridgehead atoms. The zero-order valence-electron chi connectivity index (χ0n) is 10.8. The largest absolute Gasteiger partial charge is 0.453 e. The van der Waals surface area contributed by atoms with Crippen molar-refractivity contribution in [3.05, 3.63) is 35.8 Å². The van der Waals surface area contributed by atoms with Gasteiger partial charge in [-0.25, -0.2) is 4.39 Å². The van der Waals surface area contributed by atoms with Crippen LogP contribution in [-0.2, 0) is 0 Å². The third-order valence-corrected chi connectivity index (χ3v) is 3.98. The van der Waals surface area contributed by atoms with Crippen molar-refractivity contribution in [3.8, 4) is 0 Å². The summed E-state index contributed by atoms with van der Waals surface area (Å²) in [6.45, 7) is 2.85. The Morgan fingerprint density at radius 2 is 2.32 bits per heavy atom. The lowest BCUT2D eigenvalue weighted by atomic mass is 9.88. The molecule has 3 nitrogen and oxygen atoms in total. The maximum atomic E-state index is 13.2. The van der Waals surface area contributed by atoms with Crippen LogP contribution in [-0.4, -0.2) is 17.9 Å². The van der Waals surface area contributed by atoms with Gasteiger partial charge in [0.1, 0.15) is 11.4 Å². The monoisotopic (exact) mass is 261 g/mol. The molecule has 2 heterocycles. The minimum atomic E-state index is -0.508. The zero-order chi connectivity index (χ0) is 13.5. The maximum Gasteiger partial charge on any atom is 0.217 e. The Bertz CT molecular complexity index is 626. The highest BCUT2D eigenvalue weighted by atomic mass is 19.1. The molecule has 1 saturated heterocycles. The average molecular weight is 261 g/mol. The number of Topliss-reactive ketones (excluding diaryl/α,β-unsaturated/α-hetero) is 1. The minimum Gasteiger partial charge on any atom is -0.453 e. The van der Waals surface area contributed by atoms with Gasteiger partial charge in [-0.3, -0.25) is 4.79 Å². The number of furan rings is 1. The Morgan fingerprint density at radius 1 is 1.47 bits per heavy atom. The molecule has 0 spiro atoms. The van der Waals surface area contributed by atoms with Gasteiger partial charge in [0.05, 0.1) is 5.54 Å². The minimum absolute atomic E-state index is 0.0240. The SMILES string of the molecule is CCC1(C(=O)c2cc3cc(F)ccc3o2)CCCN1. The quantitative estimate of drug-likeness (QED) is 0.862. The standard InChI is InChI=1S/C15H16FNO2/c1-2-15(6-3-7-17-15)14(18)13-9-10-8-11(16)4-5-12(10)19-13/h4-5,8-9,17H,2-3,6-7H2,1H3. The number of rotatable bonds is 3. The van der Waals surface area contributed by atoms with E-state index >= 15 is 0 Å². The molecular formula is C15H16FNO2. The van der Waals surface area contributed by atoms with E-state index in [-0.39, 0.29) is 11.6 Å². The van der Waals surface area contributed by atoms with E-state index in [0.29, 0.717) is 16.7 Å². The number of benzene rings is 1. The highest BCUT2D eigenvalue weighted by Gasteiger charge is 2.41. The Kier molecular flexibility index (Phi) is 2.90. The van der Waals surface area contributed by atoms with Crippen molar-refractivity contribution in [3.63, 3.8) is 0 Å². The van der Waals surface area contributed by atoms with E-state index in [1.165, 1.54) is 12.1 Å². The topological polar surface area (TPSA) is 42.2 Å². The zero-order valence-corrected chi connectivity index (χ0v) is 10.8. The van der Waals surface area contributed by atoms with Crippen LogP contribution < -0.4 is 5.32 Å². The van der Waals surface area contributed by atoms with Gasteiger partial charge in [-0.05, 0) is 50.1 Å². The van der Waals surface area contributed by atoms with Crippen LogP contribution >= 0.6 is 0 Å². The van der Waals surface area contributed by atoms with Crippen molar-refractivity contribution in [2.24, 2.45) is 0 Å². The van der Waals surface area contributed by atoms with Gasteiger partial charge in [-0.1, -0.05) is 6.92 Å². The highest BCUT2D eigenvalue weighted by Crippen LogP contribution is 2.30. The molecule has 2 aromatic rings. The second-order valence-electron chi connectivity index (χ2n) is 5.09. The van der Waals surface area contributed by atoms with Gasteiger partial charge in [0.25, 0.3) is 0 Å². The molecule has 1 unspecified atom stereocenters. The third-order valence-electron chi connectivity index (χ3n) is 3.98. The molecule has 4 heteroatoms. The summed E-state index contributed by atoms with van der Waals surface area (Å²) in [5, 5.41) is 3.92. The van der Waals surface area contributed by atoms with Crippen molar-refractivity contribution in [1.82, 2.24) is 5.32 Å². The summed E-state index contributed by atoms with van der Waals surface area (Å²) >= 11 is 0. The molecule has 0 saturated carbocycles. The van der Waals surface area contributed by atoms with Gasteiger partial charge in [0.15, 0.2) is 5.76 Å². The molecule has 1 aliphatic rings. The van der Waals surface area contributed by atoms with E-state index in [2.05, 4.69) is 5.32 Å². The first-order valence-electron chi connectivity index (χ1n) is 6.63. The molecule has 1 aliphatic heterocycles. The van der Waals surface area contributed by atoms with E-state index in [1.54, 1.807) is 12.1 Å². The normalized spacial score (nSPS) is 23.1. The smallest absolute Gasteiger partial charge is 0.217 e. The van der Waals surface area contributed by atoms with Crippen LogP contribution in [0.1, 0.15) is 36.7 Å². The lowest BCUT2D eigenvalue weighted by Crippen LogP contribution is -2.46. The number of carbonyl (C=O) groups excluding carboxylic acids is 1. The first-order chi connectivity index (χ1) is 9.14. The van der Waals surface area contributed by atoms with Crippen LogP contribution in [0.25, 0.3) is 11.0 Å². The van der Waals surface area contributed by atoms with E-state index in [1.807, 2.05) is 6.92 Å². The summed E-state index contributed by atoms with van der Waals surface area (Å²) < 4.78 is 18.7. The molecule has 1 fully saturated rings. The summed E-state index contributed by atoms with van der Waals surface area (Å²) in [4.78, 5) is 12.6. The van der Waals surface area contributed by atoms with Crippen LogP contribution in [0.2, 0.25) is 0 Å². The fourth-order valence-corrected chi connectivity index (χ4v) is 2.82.